The lowest BCUT2D eigenvalue weighted by Gasteiger charge is -2.14. The van der Waals surface area contributed by atoms with Crippen LogP contribution in [0.5, 0.6) is 0 Å². The highest BCUT2D eigenvalue weighted by Crippen LogP contribution is 2.23. The number of benzene rings is 1. The zero-order chi connectivity index (χ0) is 14.7. The van der Waals surface area contributed by atoms with E-state index in [1.165, 1.54) is 20.6 Å². The molecule has 0 saturated carbocycles. The Morgan fingerprint density at radius 1 is 1.24 bits per heavy atom. The highest BCUT2D eigenvalue weighted by Gasteiger charge is 2.06. The minimum Gasteiger partial charge on any atom is -0.305 e. The van der Waals surface area contributed by atoms with Crippen LogP contribution in [0.15, 0.2) is 52.8 Å². The van der Waals surface area contributed by atoms with Crippen molar-refractivity contribution >= 4 is 27.3 Å². The van der Waals surface area contributed by atoms with Crippen molar-refractivity contribution in [1.82, 2.24) is 20.1 Å². The van der Waals surface area contributed by atoms with Crippen molar-refractivity contribution in [1.29, 1.82) is 0 Å². The lowest BCUT2D eigenvalue weighted by Crippen LogP contribution is -2.17. The van der Waals surface area contributed by atoms with E-state index in [1.54, 1.807) is 22.3 Å². The van der Waals surface area contributed by atoms with Crippen molar-refractivity contribution in [3.8, 4) is 5.69 Å². The van der Waals surface area contributed by atoms with Gasteiger partial charge < -0.3 is 5.32 Å². The number of hydrogen-bond donors (Lipinski definition) is 1. The van der Waals surface area contributed by atoms with Crippen LogP contribution in [0.25, 0.3) is 5.69 Å². The van der Waals surface area contributed by atoms with Crippen molar-refractivity contribution < 1.29 is 0 Å². The zero-order valence-electron chi connectivity index (χ0n) is 11.5. The first kappa shape index (κ1) is 14.4. The van der Waals surface area contributed by atoms with Gasteiger partial charge in [0.2, 0.25) is 0 Å². The molecule has 1 N–H and O–H groups in total. The number of rotatable bonds is 5. The Bertz CT molecular complexity index is 691. The quantitative estimate of drug-likeness (QED) is 0.747. The number of hydrogen-bond acceptors (Lipinski definition) is 4. The molecule has 2 aromatic heterocycles. The lowest BCUT2D eigenvalue weighted by atomic mass is 10.1. The van der Waals surface area contributed by atoms with Crippen molar-refractivity contribution in [2.75, 3.05) is 0 Å². The number of halogens is 1. The van der Waals surface area contributed by atoms with Crippen molar-refractivity contribution in [2.45, 2.75) is 19.5 Å². The fourth-order valence-corrected chi connectivity index (χ4v) is 3.51. The third-order valence-corrected chi connectivity index (χ3v) is 4.91. The largest absolute Gasteiger partial charge is 0.305 e. The molecule has 0 spiro atoms. The number of nitrogens with zero attached hydrogens (tertiary/aromatic N) is 3. The first-order valence-corrected chi connectivity index (χ1v) is 8.26. The van der Waals surface area contributed by atoms with Gasteiger partial charge in [-0.05, 0) is 52.7 Å². The van der Waals surface area contributed by atoms with Crippen LogP contribution in [0.4, 0.5) is 0 Å². The Balaban J connectivity index is 1.63. The smallest absolute Gasteiger partial charge is 0.138 e. The minimum atomic E-state index is 0.302. The maximum atomic E-state index is 4.13. The Kier molecular flexibility index (Phi) is 4.48. The predicted molar refractivity (Wildman–Crippen MR) is 88.6 cm³/mol. The summed E-state index contributed by atoms with van der Waals surface area (Å²) in [7, 11) is 0. The lowest BCUT2D eigenvalue weighted by molar-refractivity contribution is 0.579. The fraction of sp³-hybridized carbons (Fsp3) is 0.200. The molecule has 1 unspecified atom stereocenters. The molecule has 1 atom stereocenters. The molecule has 6 heteroatoms. The SMILES string of the molecule is CC(NCc1ccc(Br)s1)c1ccc(-n2cncn2)cc1. The van der Waals surface area contributed by atoms with Crippen LogP contribution >= 0.6 is 27.3 Å². The summed E-state index contributed by atoms with van der Waals surface area (Å²) in [5.41, 5.74) is 2.28. The average Bonchev–Trinajstić information content (AvgIpc) is 3.16. The van der Waals surface area contributed by atoms with Crippen LogP contribution in [0.1, 0.15) is 23.4 Å². The van der Waals surface area contributed by atoms with E-state index >= 15 is 0 Å². The van der Waals surface area contributed by atoms with E-state index in [2.05, 4.69) is 74.7 Å². The first-order valence-electron chi connectivity index (χ1n) is 6.65. The van der Waals surface area contributed by atoms with Gasteiger partial charge in [0.25, 0.3) is 0 Å². The molecule has 3 aromatic rings. The maximum absolute atomic E-state index is 4.13. The number of thiophene rings is 1. The molecular formula is C15H15BrN4S. The normalized spacial score (nSPS) is 12.5. The Morgan fingerprint density at radius 3 is 2.67 bits per heavy atom. The van der Waals surface area contributed by atoms with Gasteiger partial charge in [0.1, 0.15) is 12.7 Å². The zero-order valence-corrected chi connectivity index (χ0v) is 13.9. The minimum absolute atomic E-state index is 0.302. The molecule has 0 aliphatic carbocycles. The van der Waals surface area contributed by atoms with E-state index in [0.717, 1.165) is 12.2 Å². The summed E-state index contributed by atoms with van der Waals surface area (Å²) in [6, 6.07) is 12.9. The van der Waals surface area contributed by atoms with E-state index < -0.39 is 0 Å². The third kappa shape index (κ3) is 3.58. The second kappa shape index (κ2) is 6.51. The van der Waals surface area contributed by atoms with E-state index in [9.17, 15) is 0 Å². The molecule has 0 bridgehead atoms. The van der Waals surface area contributed by atoms with Crippen LogP contribution in [-0.2, 0) is 6.54 Å². The van der Waals surface area contributed by atoms with E-state index in [-0.39, 0.29) is 0 Å². The van der Waals surface area contributed by atoms with E-state index in [4.69, 9.17) is 0 Å². The summed E-state index contributed by atoms with van der Waals surface area (Å²) in [4.78, 5) is 5.28. The van der Waals surface area contributed by atoms with Gasteiger partial charge in [-0.1, -0.05) is 12.1 Å². The average molecular weight is 363 g/mol. The number of nitrogens with one attached hydrogen (secondary N) is 1. The Morgan fingerprint density at radius 2 is 2.05 bits per heavy atom. The highest BCUT2D eigenvalue weighted by molar-refractivity contribution is 9.11. The second-order valence-electron chi connectivity index (χ2n) is 4.74. The van der Waals surface area contributed by atoms with Crippen LogP contribution in [0.2, 0.25) is 0 Å². The molecule has 108 valence electrons. The molecular weight excluding hydrogens is 348 g/mol. The summed E-state index contributed by atoms with van der Waals surface area (Å²) in [6.45, 7) is 3.05. The van der Waals surface area contributed by atoms with Gasteiger partial charge in [0.15, 0.2) is 0 Å². The number of aromatic nitrogens is 3. The molecule has 21 heavy (non-hydrogen) atoms. The summed E-state index contributed by atoms with van der Waals surface area (Å²) >= 11 is 5.25. The Labute approximate surface area is 136 Å². The third-order valence-electron chi connectivity index (χ3n) is 3.29. The van der Waals surface area contributed by atoms with Crippen molar-refractivity contribution in [3.05, 3.63) is 63.3 Å². The predicted octanol–water partition coefficient (Wildman–Crippen LogP) is 3.94. The highest BCUT2D eigenvalue weighted by atomic mass is 79.9. The maximum Gasteiger partial charge on any atom is 0.138 e. The van der Waals surface area contributed by atoms with E-state index in [0.29, 0.717) is 6.04 Å². The van der Waals surface area contributed by atoms with E-state index in [1.807, 2.05) is 0 Å². The molecule has 0 aliphatic heterocycles. The molecule has 0 aliphatic rings. The van der Waals surface area contributed by atoms with Crippen LogP contribution in [0, 0.1) is 0 Å². The first-order chi connectivity index (χ1) is 10.2. The summed E-state index contributed by atoms with van der Waals surface area (Å²) in [5.74, 6) is 0. The van der Waals surface area contributed by atoms with Crippen LogP contribution in [-0.4, -0.2) is 14.8 Å². The molecule has 4 nitrogen and oxygen atoms in total. The molecule has 1 aromatic carbocycles. The van der Waals surface area contributed by atoms with Gasteiger partial charge in [0.05, 0.1) is 9.47 Å². The molecule has 0 fully saturated rings. The van der Waals surface area contributed by atoms with Gasteiger partial charge in [-0.15, -0.1) is 11.3 Å². The van der Waals surface area contributed by atoms with Crippen LogP contribution in [0.3, 0.4) is 0 Å². The van der Waals surface area contributed by atoms with Gasteiger partial charge in [0, 0.05) is 17.5 Å². The fourth-order valence-electron chi connectivity index (χ4n) is 2.08. The monoisotopic (exact) mass is 362 g/mol. The van der Waals surface area contributed by atoms with Gasteiger partial charge in [-0.3, -0.25) is 0 Å². The van der Waals surface area contributed by atoms with Gasteiger partial charge in [-0.2, -0.15) is 5.10 Å². The Hall–Kier alpha value is -1.50. The molecule has 2 heterocycles. The summed E-state index contributed by atoms with van der Waals surface area (Å²) < 4.78 is 2.93. The topological polar surface area (TPSA) is 42.7 Å². The molecule has 3 rings (SSSR count). The second-order valence-corrected chi connectivity index (χ2v) is 7.29. The summed E-state index contributed by atoms with van der Waals surface area (Å²) in [5, 5.41) is 7.66. The van der Waals surface area contributed by atoms with Crippen molar-refractivity contribution in [2.24, 2.45) is 0 Å². The molecule has 0 amide bonds. The van der Waals surface area contributed by atoms with Gasteiger partial charge in [-0.25, -0.2) is 9.67 Å². The standard InChI is InChI=1S/C15H15BrN4S/c1-11(18-8-14-6-7-15(16)21-14)12-2-4-13(5-3-12)20-10-17-9-19-20/h2-7,9-11,18H,8H2,1H3. The summed E-state index contributed by atoms with van der Waals surface area (Å²) in [6.07, 6.45) is 3.24. The van der Waals surface area contributed by atoms with Crippen molar-refractivity contribution in [3.63, 3.8) is 0 Å². The molecule has 0 saturated heterocycles. The molecule has 0 radical (unpaired) electrons. The van der Waals surface area contributed by atoms with Gasteiger partial charge >= 0.3 is 0 Å². The van der Waals surface area contributed by atoms with Crippen LogP contribution < -0.4 is 5.32 Å².